The van der Waals surface area contributed by atoms with E-state index in [1.807, 2.05) is 60.7 Å². The highest BCUT2D eigenvalue weighted by Crippen LogP contribution is 2.54. The normalized spacial score (nSPS) is 14.9. The van der Waals surface area contributed by atoms with E-state index >= 15 is 0 Å². The van der Waals surface area contributed by atoms with Crippen LogP contribution in [0.3, 0.4) is 0 Å². The van der Waals surface area contributed by atoms with Crippen molar-refractivity contribution in [1.29, 1.82) is 0 Å². The Morgan fingerprint density at radius 3 is 1.44 bits per heavy atom. The summed E-state index contributed by atoms with van der Waals surface area (Å²) < 4.78 is 0. The van der Waals surface area contributed by atoms with Crippen LogP contribution in [0.15, 0.2) is 115 Å². The molecule has 0 saturated carbocycles. The number of hydrogen-bond donors (Lipinski definition) is 0. The molecule has 6 aromatic rings. The molecule has 0 spiro atoms. The standard InChI is InChI=1S/C48H45ClN4O2/c1-26(2)32-16-11-17-33(27(3)4)43(32)52-41(23-22-36-45(54)37-24-30-14-9-10-15-31(30)25-38(37)46(36)55)53(44-34(28(5)6)18-12-19-35(44)29(7)8)48-47(52)50-40-21-13-20-39(49)42(40)51-48/h9-29H,1-8H3/b41-23-. The topological polar surface area (TPSA) is 66.4 Å². The Bertz CT molecular complexity index is 2520. The summed E-state index contributed by atoms with van der Waals surface area (Å²) in [7, 11) is 0. The van der Waals surface area contributed by atoms with E-state index in [4.69, 9.17) is 21.6 Å². The van der Waals surface area contributed by atoms with Gasteiger partial charge in [0.05, 0.1) is 27.5 Å². The molecule has 0 radical (unpaired) electrons. The number of Topliss-reactive ketones (excluding diaryl/α,β-unsaturated/α-hetero) is 2. The maximum absolute atomic E-state index is 14.2. The molecule has 0 N–H and O–H groups in total. The summed E-state index contributed by atoms with van der Waals surface area (Å²) in [6, 6.07) is 30.2. The van der Waals surface area contributed by atoms with Crippen molar-refractivity contribution in [2.45, 2.75) is 79.1 Å². The molecule has 2 heterocycles. The molecule has 0 fully saturated rings. The first-order chi connectivity index (χ1) is 26.4. The number of hydrogen-bond acceptors (Lipinski definition) is 6. The van der Waals surface area contributed by atoms with Gasteiger partial charge in [0.2, 0.25) is 0 Å². The Morgan fingerprint density at radius 2 is 0.982 bits per heavy atom. The molecule has 0 bridgehead atoms. The second kappa shape index (κ2) is 13.9. The van der Waals surface area contributed by atoms with Crippen molar-refractivity contribution >= 4 is 68.0 Å². The van der Waals surface area contributed by atoms with Crippen molar-refractivity contribution in [3.63, 3.8) is 0 Å². The van der Waals surface area contributed by atoms with Crippen LogP contribution < -0.4 is 9.80 Å². The molecule has 6 nitrogen and oxygen atoms in total. The average molecular weight is 745 g/mol. The Morgan fingerprint density at radius 1 is 0.545 bits per heavy atom. The van der Waals surface area contributed by atoms with Gasteiger partial charge in [-0.1, -0.05) is 134 Å². The Hall–Kier alpha value is -5.59. The Kier molecular flexibility index (Phi) is 9.21. The molecule has 2 aliphatic rings. The lowest BCUT2D eigenvalue weighted by atomic mass is 9.91. The fourth-order valence-electron chi connectivity index (χ4n) is 8.09. The summed E-state index contributed by atoms with van der Waals surface area (Å²) in [5.41, 5.74) is 8.89. The van der Waals surface area contributed by atoms with Crippen molar-refractivity contribution < 1.29 is 9.59 Å². The van der Waals surface area contributed by atoms with Gasteiger partial charge in [-0.25, -0.2) is 9.97 Å². The number of nitrogens with zero attached hydrogens (tertiary/aromatic N) is 4. The van der Waals surface area contributed by atoms with E-state index in [1.165, 1.54) is 0 Å². The first-order valence-corrected chi connectivity index (χ1v) is 19.6. The van der Waals surface area contributed by atoms with E-state index in [1.54, 1.807) is 6.08 Å². The van der Waals surface area contributed by atoms with Gasteiger partial charge in [-0.2, -0.15) is 0 Å². The highest BCUT2D eigenvalue weighted by molar-refractivity contribution is 6.40. The molecule has 0 atom stereocenters. The number of ketones is 2. The Balaban J connectivity index is 1.48. The lowest BCUT2D eigenvalue weighted by Crippen LogP contribution is -2.26. The maximum atomic E-state index is 14.2. The van der Waals surface area contributed by atoms with E-state index < -0.39 is 0 Å². The zero-order valence-electron chi connectivity index (χ0n) is 32.6. The molecule has 8 rings (SSSR count). The molecule has 55 heavy (non-hydrogen) atoms. The first-order valence-electron chi connectivity index (χ1n) is 19.2. The van der Waals surface area contributed by atoms with Gasteiger partial charge in [0, 0.05) is 11.1 Å². The lowest BCUT2D eigenvalue weighted by Gasteiger charge is -2.32. The third-order valence-corrected chi connectivity index (χ3v) is 11.2. The van der Waals surface area contributed by atoms with Crippen LogP contribution in [0.4, 0.5) is 23.0 Å². The van der Waals surface area contributed by atoms with Gasteiger partial charge in [-0.05, 0) is 93.1 Å². The van der Waals surface area contributed by atoms with Gasteiger partial charge in [0.15, 0.2) is 23.2 Å². The van der Waals surface area contributed by atoms with Crippen molar-refractivity contribution in [2.75, 3.05) is 9.80 Å². The number of allylic oxidation sites excluding steroid dienone is 3. The molecule has 0 unspecified atom stereocenters. The number of benzene rings is 5. The minimum atomic E-state index is -0.277. The summed E-state index contributed by atoms with van der Waals surface area (Å²) in [5, 5.41) is 2.36. The zero-order valence-corrected chi connectivity index (χ0v) is 33.4. The van der Waals surface area contributed by atoms with Crippen LogP contribution in [0, 0.1) is 0 Å². The van der Waals surface area contributed by atoms with E-state index in [2.05, 4.69) is 102 Å². The second-order valence-electron chi connectivity index (χ2n) is 15.8. The second-order valence-corrected chi connectivity index (χ2v) is 16.3. The van der Waals surface area contributed by atoms with Gasteiger partial charge in [0.1, 0.15) is 11.3 Å². The molecule has 0 amide bonds. The highest BCUT2D eigenvalue weighted by Gasteiger charge is 2.42. The number of aromatic nitrogens is 2. The molecule has 1 aromatic heterocycles. The fourth-order valence-corrected chi connectivity index (χ4v) is 8.30. The van der Waals surface area contributed by atoms with Gasteiger partial charge < -0.3 is 0 Å². The number of halogens is 1. The Labute approximate surface area is 328 Å². The number of carbonyl (C=O) groups is 2. The van der Waals surface area contributed by atoms with E-state index in [-0.39, 0.29) is 40.8 Å². The van der Waals surface area contributed by atoms with Crippen molar-refractivity contribution in [3.8, 4) is 0 Å². The van der Waals surface area contributed by atoms with Crippen molar-refractivity contribution in [2.24, 2.45) is 0 Å². The minimum Gasteiger partial charge on any atom is -0.288 e. The molecule has 1 aliphatic heterocycles. The van der Waals surface area contributed by atoms with E-state index in [9.17, 15) is 9.59 Å². The number of carbonyl (C=O) groups excluding carboxylic acids is 2. The van der Waals surface area contributed by atoms with Crippen LogP contribution in [0.1, 0.15) is 122 Å². The minimum absolute atomic E-state index is 0.130. The van der Waals surface area contributed by atoms with Gasteiger partial charge in [-0.3, -0.25) is 19.4 Å². The summed E-state index contributed by atoms with van der Waals surface area (Å²) >= 11 is 6.87. The largest absolute Gasteiger partial charge is 0.288 e. The van der Waals surface area contributed by atoms with Crippen LogP contribution in [-0.2, 0) is 0 Å². The van der Waals surface area contributed by atoms with Gasteiger partial charge >= 0.3 is 0 Å². The fraction of sp³-hybridized carbons (Fsp3) is 0.250. The predicted molar refractivity (Wildman–Crippen MR) is 227 cm³/mol. The summed E-state index contributed by atoms with van der Waals surface area (Å²) in [4.78, 5) is 43.4. The van der Waals surface area contributed by atoms with Crippen LogP contribution in [0.2, 0.25) is 5.02 Å². The smallest absolute Gasteiger partial charge is 0.197 e. The molecule has 276 valence electrons. The summed E-state index contributed by atoms with van der Waals surface area (Å²) in [6.07, 6.45) is 3.64. The monoisotopic (exact) mass is 744 g/mol. The van der Waals surface area contributed by atoms with Crippen LogP contribution >= 0.6 is 11.6 Å². The maximum Gasteiger partial charge on any atom is 0.197 e. The van der Waals surface area contributed by atoms with Gasteiger partial charge in [0.25, 0.3) is 0 Å². The molecule has 1 aliphatic carbocycles. The van der Waals surface area contributed by atoms with Gasteiger partial charge in [-0.15, -0.1) is 0 Å². The van der Waals surface area contributed by atoms with Crippen LogP contribution in [-0.4, -0.2) is 21.5 Å². The quantitative estimate of drug-likeness (QED) is 0.120. The zero-order chi connectivity index (χ0) is 38.9. The van der Waals surface area contributed by atoms with E-state index in [0.717, 1.165) is 50.2 Å². The van der Waals surface area contributed by atoms with E-state index in [0.29, 0.717) is 38.8 Å². The van der Waals surface area contributed by atoms with Crippen molar-refractivity contribution in [3.05, 3.63) is 153 Å². The summed E-state index contributed by atoms with van der Waals surface area (Å²) in [6.45, 7) is 17.6. The lowest BCUT2D eigenvalue weighted by molar-refractivity contribution is 0.0988. The first kappa shape index (κ1) is 36.4. The average Bonchev–Trinajstić information content (AvgIpc) is 3.59. The van der Waals surface area contributed by atoms with Crippen LogP contribution in [0.25, 0.3) is 21.8 Å². The number of anilines is 4. The summed E-state index contributed by atoms with van der Waals surface area (Å²) in [5.74, 6) is 2.13. The number of fused-ring (bicyclic) bond motifs is 4. The SMILES string of the molecule is CC(C)c1cccc(C(C)C)c1N1/C(=C/C=C2C(=O)c3cc4ccccc4cc3C2=O)N(c2c(C(C)C)cccc2C(C)C)c2nc3c(Cl)cccc3nc21. The van der Waals surface area contributed by atoms with Crippen molar-refractivity contribution in [1.82, 2.24) is 9.97 Å². The van der Waals surface area contributed by atoms with Crippen LogP contribution in [0.5, 0.6) is 0 Å². The number of rotatable bonds is 7. The molecule has 0 saturated heterocycles. The third-order valence-electron chi connectivity index (χ3n) is 10.9. The third kappa shape index (κ3) is 5.95. The molecule has 5 aromatic carbocycles. The molecule has 7 heteroatoms. The number of para-hydroxylation sites is 3. The molecular formula is C48H45ClN4O2. The molecular weight excluding hydrogens is 700 g/mol. The predicted octanol–water partition coefficient (Wildman–Crippen LogP) is 13.1. The highest BCUT2D eigenvalue weighted by atomic mass is 35.5.